The van der Waals surface area contributed by atoms with Gasteiger partial charge in [-0.1, -0.05) is 0 Å². The fourth-order valence-corrected chi connectivity index (χ4v) is 2.37. The SMILES string of the molecule is CC1(O)C2CC(C1O)N(C(=O)O)C2=O. The van der Waals surface area contributed by atoms with E-state index in [4.69, 9.17) is 5.11 Å². The van der Waals surface area contributed by atoms with Gasteiger partial charge in [0.05, 0.1) is 12.0 Å². The van der Waals surface area contributed by atoms with Crippen LogP contribution >= 0.6 is 0 Å². The highest BCUT2D eigenvalue weighted by Gasteiger charge is 2.64. The van der Waals surface area contributed by atoms with Gasteiger partial charge < -0.3 is 15.3 Å². The van der Waals surface area contributed by atoms with Crippen molar-refractivity contribution in [3.05, 3.63) is 0 Å². The fraction of sp³-hybridized carbons (Fsp3) is 0.750. The normalized spacial score (nSPS) is 46.1. The number of carboxylic acid groups (broad SMARTS) is 1. The van der Waals surface area contributed by atoms with E-state index in [9.17, 15) is 19.8 Å². The number of aliphatic hydroxyl groups excluding tert-OH is 1. The van der Waals surface area contributed by atoms with Gasteiger partial charge in [-0.3, -0.25) is 4.79 Å². The first-order valence-corrected chi connectivity index (χ1v) is 4.33. The number of imide groups is 1. The number of likely N-dealkylation sites (tertiary alicyclic amines) is 1. The molecule has 1 aliphatic carbocycles. The van der Waals surface area contributed by atoms with E-state index in [1.54, 1.807) is 0 Å². The quantitative estimate of drug-likeness (QED) is 0.467. The smallest absolute Gasteiger partial charge is 0.414 e. The molecule has 4 unspecified atom stereocenters. The van der Waals surface area contributed by atoms with Crippen molar-refractivity contribution in [2.24, 2.45) is 5.92 Å². The third-order valence-corrected chi connectivity index (χ3v) is 3.22. The van der Waals surface area contributed by atoms with Gasteiger partial charge in [0.15, 0.2) is 0 Å². The Bertz CT molecular complexity index is 313. The summed E-state index contributed by atoms with van der Waals surface area (Å²) in [6.45, 7) is 1.36. The number of piperidine rings is 1. The molecule has 0 aromatic carbocycles. The third kappa shape index (κ3) is 0.869. The van der Waals surface area contributed by atoms with Crippen LogP contribution in [0.3, 0.4) is 0 Å². The molecule has 0 spiro atoms. The van der Waals surface area contributed by atoms with Crippen LogP contribution in [0.25, 0.3) is 0 Å². The van der Waals surface area contributed by atoms with Gasteiger partial charge >= 0.3 is 6.09 Å². The predicted octanol–water partition coefficient (Wildman–Crippen LogP) is -0.993. The Morgan fingerprint density at radius 1 is 1.64 bits per heavy atom. The lowest BCUT2D eigenvalue weighted by atomic mass is 9.89. The van der Waals surface area contributed by atoms with Crippen molar-refractivity contribution >= 4 is 12.0 Å². The standard InChI is InChI=1S/C8H11NO5/c1-8(14)3-2-4(5(8)10)9(6(3)11)7(12)13/h3-5,10,14H,2H2,1H3,(H,12,13). The average Bonchev–Trinajstić information content (AvgIpc) is 2.49. The van der Waals surface area contributed by atoms with Gasteiger partial charge in [-0.05, 0) is 13.3 Å². The first kappa shape index (κ1) is 9.42. The predicted molar refractivity (Wildman–Crippen MR) is 43.4 cm³/mol. The van der Waals surface area contributed by atoms with E-state index in [0.717, 1.165) is 0 Å². The first-order chi connectivity index (χ1) is 6.37. The lowest BCUT2D eigenvalue weighted by Gasteiger charge is -2.36. The largest absolute Gasteiger partial charge is 0.465 e. The highest BCUT2D eigenvalue weighted by molar-refractivity contribution is 5.96. The van der Waals surface area contributed by atoms with Crippen LogP contribution in [0.1, 0.15) is 13.3 Å². The molecule has 0 radical (unpaired) electrons. The third-order valence-electron chi connectivity index (χ3n) is 3.22. The van der Waals surface area contributed by atoms with Gasteiger partial charge in [-0.2, -0.15) is 0 Å². The van der Waals surface area contributed by atoms with Crippen molar-refractivity contribution in [2.75, 3.05) is 0 Å². The summed E-state index contributed by atoms with van der Waals surface area (Å²) in [6.07, 6.45) is -2.34. The lowest BCUT2D eigenvalue weighted by Crippen LogP contribution is -2.58. The van der Waals surface area contributed by atoms with Gasteiger partial charge in [0, 0.05) is 0 Å². The Kier molecular flexibility index (Phi) is 1.65. The van der Waals surface area contributed by atoms with Gasteiger partial charge in [-0.15, -0.1) is 0 Å². The van der Waals surface area contributed by atoms with E-state index in [1.165, 1.54) is 6.92 Å². The molecule has 14 heavy (non-hydrogen) atoms. The molecule has 2 rings (SSSR count). The second-order valence-corrected chi connectivity index (χ2v) is 4.02. The molecule has 3 N–H and O–H groups in total. The second-order valence-electron chi connectivity index (χ2n) is 4.02. The number of aliphatic hydroxyl groups is 2. The van der Waals surface area contributed by atoms with Crippen LogP contribution in [0.15, 0.2) is 0 Å². The van der Waals surface area contributed by atoms with Crippen LogP contribution in [0.5, 0.6) is 0 Å². The number of nitrogens with zero attached hydrogens (tertiary/aromatic N) is 1. The second kappa shape index (κ2) is 2.46. The Balaban J connectivity index is 2.36. The number of hydrogen-bond acceptors (Lipinski definition) is 4. The summed E-state index contributed by atoms with van der Waals surface area (Å²) in [5.74, 6) is -1.41. The molecule has 0 aromatic rings. The maximum absolute atomic E-state index is 11.4. The summed E-state index contributed by atoms with van der Waals surface area (Å²) in [4.78, 5) is 22.7. The maximum Gasteiger partial charge on any atom is 0.414 e. The molecule has 6 nitrogen and oxygen atoms in total. The van der Waals surface area contributed by atoms with Crippen molar-refractivity contribution < 1.29 is 24.9 Å². The minimum absolute atomic E-state index is 0.208. The van der Waals surface area contributed by atoms with Crippen LogP contribution in [0.2, 0.25) is 0 Å². The van der Waals surface area contributed by atoms with E-state index in [0.29, 0.717) is 4.90 Å². The topological polar surface area (TPSA) is 98.1 Å². The molecule has 1 saturated heterocycles. The molecular weight excluding hydrogens is 190 g/mol. The summed E-state index contributed by atoms with van der Waals surface area (Å²) in [5, 5.41) is 28.0. The highest BCUT2D eigenvalue weighted by Crippen LogP contribution is 2.45. The lowest BCUT2D eigenvalue weighted by molar-refractivity contribution is -0.156. The molecule has 0 aromatic heterocycles. The molecule has 2 amide bonds. The summed E-state index contributed by atoms with van der Waals surface area (Å²) in [5.41, 5.74) is -1.49. The minimum atomic E-state index is -1.49. The van der Waals surface area contributed by atoms with E-state index >= 15 is 0 Å². The highest BCUT2D eigenvalue weighted by atomic mass is 16.4. The van der Waals surface area contributed by atoms with Crippen LogP contribution in [0, 0.1) is 5.92 Å². The van der Waals surface area contributed by atoms with E-state index in [1.807, 2.05) is 0 Å². The van der Waals surface area contributed by atoms with Crippen molar-refractivity contribution in [1.82, 2.24) is 4.90 Å². The summed E-state index contributed by atoms with van der Waals surface area (Å²) in [6, 6.07) is -0.792. The first-order valence-electron chi connectivity index (χ1n) is 4.33. The van der Waals surface area contributed by atoms with Gasteiger partial charge in [-0.25, -0.2) is 9.69 Å². The minimum Gasteiger partial charge on any atom is -0.465 e. The Morgan fingerprint density at radius 3 is 2.64 bits per heavy atom. The van der Waals surface area contributed by atoms with Crippen molar-refractivity contribution in [3.8, 4) is 0 Å². The van der Waals surface area contributed by atoms with Gasteiger partial charge in [0.1, 0.15) is 11.7 Å². The van der Waals surface area contributed by atoms with Crippen molar-refractivity contribution in [1.29, 1.82) is 0 Å². The van der Waals surface area contributed by atoms with Gasteiger partial charge in [0.2, 0.25) is 5.91 Å². The molecule has 2 aliphatic rings. The molecule has 1 saturated carbocycles. The van der Waals surface area contributed by atoms with Crippen LogP contribution < -0.4 is 0 Å². The molecule has 2 bridgehead atoms. The number of fused-ring (bicyclic) bond motifs is 2. The number of hydrogen-bond donors (Lipinski definition) is 3. The zero-order valence-corrected chi connectivity index (χ0v) is 7.54. The average molecular weight is 201 g/mol. The van der Waals surface area contributed by atoms with Crippen LogP contribution in [-0.2, 0) is 4.79 Å². The maximum atomic E-state index is 11.4. The van der Waals surface area contributed by atoms with E-state index in [2.05, 4.69) is 0 Å². The summed E-state index contributed by atoms with van der Waals surface area (Å²) >= 11 is 0. The number of carbonyl (C=O) groups is 2. The van der Waals surface area contributed by atoms with Gasteiger partial charge in [0.25, 0.3) is 0 Å². The summed E-state index contributed by atoms with van der Waals surface area (Å²) < 4.78 is 0. The number of rotatable bonds is 0. The zero-order valence-electron chi connectivity index (χ0n) is 7.54. The molecule has 1 heterocycles. The number of carbonyl (C=O) groups excluding carboxylic acids is 1. The monoisotopic (exact) mass is 201 g/mol. The van der Waals surface area contributed by atoms with Crippen LogP contribution in [-0.4, -0.2) is 50.0 Å². The number of amides is 2. The molecule has 4 atom stereocenters. The molecule has 6 heteroatoms. The molecular formula is C8H11NO5. The van der Waals surface area contributed by atoms with Crippen molar-refractivity contribution in [3.63, 3.8) is 0 Å². The van der Waals surface area contributed by atoms with Crippen molar-refractivity contribution in [2.45, 2.75) is 31.1 Å². The Hall–Kier alpha value is -1.14. The molecule has 1 aliphatic heterocycles. The Labute approximate surface area is 79.7 Å². The zero-order chi connectivity index (χ0) is 10.7. The Morgan fingerprint density at radius 2 is 2.21 bits per heavy atom. The fourth-order valence-electron chi connectivity index (χ4n) is 2.37. The summed E-state index contributed by atoms with van der Waals surface area (Å²) in [7, 11) is 0. The van der Waals surface area contributed by atoms with Crippen LogP contribution in [0.4, 0.5) is 4.79 Å². The van der Waals surface area contributed by atoms with E-state index < -0.39 is 35.7 Å². The molecule has 2 fully saturated rings. The molecule has 78 valence electrons. The van der Waals surface area contributed by atoms with E-state index in [-0.39, 0.29) is 6.42 Å².